The van der Waals surface area contributed by atoms with Crippen LogP contribution in [0.3, 0.4) is 0 Å². The molecule has 2 aromatic rings. The van der Waals surface area contributed by atoms with E-state index in [2.05, 4.69) is 10.6 Å². The Bertz CT molecular complexity index is 902. The summed E-state index contributed by atoms with van der Waals surface area (Å²) in [6, 6.07) is 16.0. The molecule has 2 aromatic carbocycles. The number of rotatable bonds is 3. The molecule has 0 aromatic heterocycles. The number of fused-ring (bicyclic) bond motifs is 3. The molecule has 0 aliphatic carbocycles. The molecular formula is C22H26N4O3. The molecule has 4 rings (SSSR count). The van der Waals surface area contributed by atoms with Crippen LogP contribution in [0.4, 0.5) is 21.0 Å². The van der Waals surface area contributed by atoms with E-state index < -0.39 is 0 Å². The summed E-state index contributed by atoms with van der Waals surface area (Å²) in [5, 5.41) is 15.9. The maximum absolute atomic E-state index is 13.0. The Kier molecular flexibility index (Phi) is 5.15. The predicted molar refractivity (Wildman–Crippen MR) is 112 cm³/mol. The van der Waals surface area contributed by atoms with Gasteiger partial charge in [-0.2, -0.15) is 0 Å². The fraction of sp³-hybridized carbons (Fsp3) is 0.364. The molecule has 2 aliphatic heterocycles. The minimum Gasteiger partial charge on any atom is -0.394 e. The van der Waals surface area contributed by atoms with Crippen molar-refractivity contribution in [2.24, 2.45) is 0 Å². The number of aliphatic hydroxyl groups is 1. The minimum absolute atomic E-state index is 0.000762. The Morgan fingerprint density at radius 3 is 2.45 bits per heavy atom. The van der Waals surface area contributed by atoms with Crippen molar-refractivity contribution < 1.29 is 14.7 Å². The van der Waals surface area contributed by atoms with E-state index in [-0.39, 0.29) is 42.7 Å². The zero-order valence-electron chi connectivity index (χ0n) is 16.6. The third kappa shape index (κ3) is 3.42. The molecule has 1 saturated heterocycles. The minimum atomic E-state index is -0.319. The van der Waals surface area contributed by atoms with Crippen LogP contribution >= 0.6 is 0 Å². The molecule has 29 heavy (non-hydrogen) atoms. The van der Waals surface area contributed by atoms with E-state index in [1.165, 1.54) is 0 Å². The van der Waals surface area contributed by atoms with E-state index in [4.69, 9.17) is 0 Å². The number of urea groups is 2. The number of carbonyl (C=O) groups is 2. The van der Waals surface area contributed by atoms with Crippen molar-refractivity contribution in [1.82, 2.24) is 10.2 Å². The first-order valence-corrected chi connectivity index (χ1v) is 9.93. The van der Waals surface area contributed by atoms with Gasteiger partial charge in [-0.05, 0) is 37.6 Å². The van der Waals surface area contributed by atoms with E-state index in [0.717, 1.165) is 11.3 Å². The normalized spacial score (nSPS) is 22.4. The molecule has 0 radical (unpaired) electrons. The molecule has 0 bridgehead atoms. The molecule has 2 aliphatic rings. The van der Waals surface area contributed by atoms with Crippen LogP contribution in [0.25, 0.3) is 0 Å². The second-order valence-electron chi connectivity index (χ2n) is 7.82. The number of amides is 4. The van der Waals surface area contributed by atoms with E-state index in [0.29, 0.717) is 12.2 Å². The summed E-state index contributed by atoms with van der Waals surface area (Å²) in [5.74, 6) is 0.000762. The highest BCUT2D eigenvalue weighted by Gasteiger charge is 2.55. The third-order valence-corrected chi connectivity index (χ3v) is 5.60. The fourth-order valence-electron chi connectivity index (χ4n) is 4.39. The summed E-state index contributed by atoms with van der Waals surface area (Å²) in [7, 11) is 0. The monoisotopic (exact) mass is 394 g/mol. The Hall–Kier alpha value is -3.06. The van der Waals surface area contributed by atoms with Gasteiger partial charge in [-0.25, -0.2) is 9.59 Å². The van der Waals surface area contributed by atoms with Gasteiger partial charge in [0.1, 0.15) is 0 Å². The van der Waals surface area contributed by atoms with Gasteiger partial charge in [0.25, 0.3) is 0 Å². The van der Waals surface area contributed by atoms with E-state index in [1.807, 2.05) is 68.4 Å². The van der Waals surface area contributed by atoms with E-state index in [9.17, 15) is 14.7 Å². The lowest BCUT2D eigenvalue weighted by atomic mass is 9.72. The van der Waals surface area contributed by atoms with Gasteiger partial charge in [-0.3, -0.25) is 4.90 Å². The predicted octanol–water partition coefficient (Wildman–Crippen LogP) is 2.99. The number of nitrogens with one attached hydrogen (secondary N) is 2. The van der Waals surface area contributed by atoms with Crippen molar-refractivity contribution in [3.8, 4) is 0 Å². The first-order valence-electron chi connectivity index (χ1n) is 9.93. The molecule has 7 nitrogen and oxygen atoms in total. The number of nitrogens with zero attached hydrogens (tertiary/aromatic N) is 2. The number of aliphatic hydroxyl groups excluding tert-OH is 1. The van der Waals surface area contributed by atoms with Crippen molar-refractivity contribution in [3.63, 3.8) is 0 Å². The SMILES string of the molecule is CC(C)NC(=O)N1C[C@H]2[C@@H](c3ccccc31)[C@@H](CO)N2C(=O)Nc1ccccc1. The summed E-state index contributed by atoms with van der Waals surface area (Å²) in [5.41, 5.74) is 2.53. The highest BCUT2D eigenvalue weighted by Crippen LogP contribution is 2.48. The average Bonchev–Trinajstić information content (AvgIpc) is 2.68. The van der Waals surface area contributed by atoms with Crippen LogP contribution in [0.2, 0.25) is 0 Å². The van der Waals surface area contributed by atoms with Gasteiger partial charge in [0.05, 0.1) is 18.7 Å². The Labute approximate surface area is 170 Å². The van der Waals surface area contributed by atoms with Gasteiger partial charge >= 0.3 is 12.1 Å². The molecule has 0 spiro atoms. The lowest BCUT2D eigenvalue weighted by molar-refractivity contribution is -0.00197. The highest BCUT2D eigenvalue weighted by molar-refractivity contribution is 5.96. The number of anilines is 2. The van der Waals surface area contributed by atoms with Crippen molar-refractivity contribution in [2.75, 3.05) is 23.4 Å². The first-order chi connectivity index (χ1) is 14.0. The lowest BCUT2D eigenvalue weighted by Gasteiger charge is -2.58. The summed E-state index contributed by atoms with van der Waals surface area (Å²) >= 11 is 0. The van der Waals surface area contributed by atoms with Crippen LogP contribution in [0.5, 0.6) is 0 Å². The molecule has 0 saturated carbocycles. The molecule has 2 heterocycles. The van der Waals surface area contributed by atoms with E-state index >= 15 is 0 Å². The smallest absolute Gasteiger partial charge is 0.322 e. The number of hydrogen-bond donors (Lipinski definition) is 3. The number of likely N-dealkylation sites (tertiary alicyclic amines) is 1. The summed E-state index contributed by atoms with van der Waals surface area (Å²) in [6.45, 7) is 4.09. The third-order valence-electron chi connectivity index (χ3n) is 5.60. The summed E-state index contributed by atoms with van der Waals surface area (Å²) < 4.78 is 0. The first kappa shape index (κ1) is 19.3. The zero-order chi connectivity index (χ0) is 20.5. The van der Waals surface area contributed by atoms with Crippen LogP contribution in [0, 0.1) is 0 Å². The van der Waals surface area contributed by atoms with Gasteiger partial charge in [0, 0.05) is 29.9 Å². The maximum Gasteiger partial charge on any atom is 0.322 e. The van der Waals surface area contributed by atoms with Gasteiger partial charge in [0.15, 0.2) is 0 Å². The zero-order valence-corrected chi connectivity index (χ0v) is 16.6. The Balaban J connectivity index is 1.62. The fourth-order valence-corrected chi connectivity index (χ4v) is 4.39. The molecule has 7 heteroatoms. The molecular weight excluding hydrogens is 368 g/mol. The largest absolute Gasteiger partial charge is 0.394 e. The van der Waals surface area contributed by atoms with Gasteiger partial charge in [-0.1, -0.05) is 36.4 Å². The van der Waals surface area contributed by atoms with Crippen LogP contribution in [0.1, 0.15) is 25.3 Å². The molecule has 152 valence electrons. The quantitative estimate of drug-likeness (QED) is 0.748. The summed E-state index contributed by atoms with van der Waals surface area (Å²) in [6.07, 6.45) is 0. The molecule has 0 unspecified atom stereocenters. The Morgan fingerprint density at radius 1 is 1.07 bits per heavy atom. The van der Waals surface area contributed by atoms with Crippen LogP contribution < -0.4 is 15.5 Å². The highest BCUT2D eigenvalue weighted by atomic mass is 16.3. The second kappa shape index (κ2) is 7.75. The van der Waals surface area contributed by atoms with Gasteiger partial charge < -0.3 is 20.6 Å². The van der Waals surface area contributed by atoms with Crippen molar-refractivity contribution in [2.45, 2.75) is 37.9 Å². The summed E-state index contributed by atoms with van der Waals surface area (Å²) in [4.78, 5) is 29.2. The van der Waals surface area contributed by atoms with Crippen molar-refractivity contribution in [3.05, 3.63) is 60.2 Å². The topological polar surface area (TPSA) is 84.9 Å². The van der Waals surface area contributed by atoms with Crippen molar-refractivity contribution in [1.29, 1.82) is 0 Å². The standard InChI is InChI=1S/C22H26N4O3/c1-14(2)23-21(28)25-12-18-20(16-10-6-7-11-17(16)25)19(13-27)26(18)22(29)24-15-8-4-3-5-9-15/h3-11,14,18-20,27H,12-13H2,1-2H3,(H,23,28)(H,24,29)/t18-,19+,20+/m0/s1. The van der Waals surface area contributed by atoms with Gasteiger partial charge in [-0.15, -0.1) is 0 Å². The molecule has 1 fully saturated rings. The van der Waals surface area contributed by atoms with Crippen LogP contribution in [0.15, 0.2) is 54.6 Å². The number of carbonyl (C=O) groups excluding carboxylic acids is 2. The maximum atomic E-state index is 13.0. The Morgan fingerprint density at radius 2 is 1.76 bits per heavy atom. The van der Waals surface area contributed by atoms with Crippen LogP contribution in [-0.4, -0.2) is 53.3 Å². The second-order valence-corrected chi connectivity index (χ2v) is 7.82. The van der Waals surface area contributed by atoms with Crippen LogP contribution in [-0.2, 0) is 0 Å². The van der Waals surface area contributed by atoms with E-state index in [1.54, 1.807) is 9.80 Å². The molecule has 4 amide bonds. The lowest BCUT2D eigenvalue weighted by Crippen LogP contribution is -2.71. The number of benzene rings is 2. The number of hydrogen-bond acceptors (Lipinski definition) is 3. The molecule has 3 N–H and O–H groups in total. The molecule has 3 atom stereocenters. The van der Waals surface area contributed by atoms with Gasteiger partial charge in [0.2, 0.25) is 0 Å². The average molecular weight is 394 g/mol. The number of para-hydroxylation sites is 2. The van der Waals surface area contributed by atoms with Crippen molar-refractivity contribution >= 4 is 23.4 Å².